The number of nitrogens with one attached hydrogen (secondary N) is 2. The summed E-state index contributed by atoms with van der Waals surface area (Å²) in [6, 6.07) is 15.1. The van der Waals surface area contributed by atoms with Gasteiger partial charge >= 0.3 is 12.1 Å². The van der Waals surface area contributed by atoms with Crippen LogP contribution in [0.2, 0.25) is 5.02 Å². The van der Waals surface area contributed by atoms with Crippen LogP contribution >= 0.6 is 22.9 Å². The third kappa shape index (κ3) is 5.52. The van der Waals surface area contributed by atoms with Crippen LogP contribution in [0.5, 0.6) is 0 Å². The molecule has 0 spiro atoms. The molecule has 174 valence electrons. The first-order chi connectivity index (χ1) is 16.2. The molecule has 0 fully saturated rings. The lowest BCUT2D eigenvalue weighted by Gasteiger charge is -2.15. The Bertz CT molecular complexity index is 1340. The summed E-state index contributed by atoms with van der Waals surface area (Å²) >= 11 is 7.22. The summed E-state index contributed by atoms with van der Waals surface area (Å²) in [5.74, 6) is -1.08. The first-order valence-electron chi connectivity index (χ1n) is 10.0. The van der Waals surface area contributed by atoms with Crippen LogP contribution < -0.4 is 16.0 Å². The number of hydrogen-bond acceptors (Lipinski definition) is 4. The molecule has 4 rings (SSSR count). The van der Waals surface area contributed by atoms with E-state index < -0.39 is 30.4 Å². The molecular formula is C23H18ClF3N5OS+. The van der Waals surface area contributed by atoms with E-state index in [2.05, 4.69) is 20.3 Å². The Hall–Kier alpha value is -3.50. The van der Waals surface area contributed by atoms with E-state index >= 15 is 0 Å². The monoisotopic (exact) mass is 504 g/mol. The summed E-state index contributed by atoms with van der Waals surface area (Å²) in [7, 11) is 0. The van der Waals surface area contributed by atoms with Crippen molar-refractivity contribution in [2.45, 2.75) is 18.6 Å². The van der Waals surface area contributed by atoms with Crippen molar-refractivity contribution in [2.24, 2.45) is 5.73 Å². The molecule has 2 heterocycles. The molecule has 1 atom stereocenters. The summed E-state index contributed by atoms with van der Waals surface area (Å²) in [4.78, 5) is 23.4. The molecule has 0 aliphatic rings. The van der Waals surface area contributed by atoms with Gasteiger partial charge in [0, 0.05) is 16.0 Å². The standard InChI is InChI=1S/C23H17ClF3N5OS/c24-14-8-9-16-15(11-14)20(13-5-2-1-3-6-13)31-22(29-16)32-21(28)30-19(23(25,26)27)12-17(33)18-7-4-10-34-18/h1-11,19H,12H2,(H3,28,29,30,31,32)/p+1/t19-/m0/s1. The van der Waals surface area contributed by atoms with E-state index in [4.69, 9.17) is 17.3 Å². The Morgan fingerprint density at radius 1 is 1.12 bits per heavy atom. The van der Waals surface area contributed by atoms with Gasteiger partial charge in [0.25, 0.3) is 5.95 Å². The highest BCUT2D eigenvalue weighted by Gasteiger charge is 2.42. The SMILES string of the molecule is NC(Nc1nc(-c2ccccc2)c2cc(Cl)ccc2n1)=[NH+][C@@H](CC(=O)c1cccs1)C(F)(F)F. The molecule has 2 aromatic carbocycles. The second-order valence-electron chi connectivity index (χ2n) is 7.31. The molecular weight excluding hydrogens is 487 g/mol. The van der Waals surface area contributed by atoms with E-state index in [1.54, 1.807) is 29.6 Å². The van der Waals surface area contributed by atoms with Gasteiger partial charge in [0.1, 0.15) is 0 Å². The molecule has 6 nitrogen and oxygen atoms in total. The maximum atomic E-state index is 13.6. The Kier molecular flexibility index (Phi) is 6.80. The van der Waals surface area contributed by atoms with Gasteiger partial charge in [-0.1, -0.05) is 48.0 Å². The molecule has 4 aromatic rings. The van der Waals surface area contributed by atoms with Crippen LogP contribution in [-0.2, 0) is 0 Å². The Labute approximate surface area is 201 Å². The number of hydrogen-bond donors (Lipinski definition) is 3. The Balaban J connectivity index is 1.66. The van der Waals surface area contributed by atoms with Crippen LogP contribution in [0.3, 0.4) is 0 Å². The molecule has 0 aliphatic heterocycles. The minimum atomic E-state index is -4.71. The molecule has 0 radical (unpaired) electrons. The number of nitrogens with zero attached hydrogens (tertiary/aromatic N) is 2. The Morgan fingerprint density at radius 3 is 2.56 bits per heavy atom. The molecule has 0 unspecified atom stereocenters. The van der Waals surface area contributed by atoms with Crippen molar-refractivity contribution in [3.8, 4) is 11.3 Å². The number of rotatable bonds is 6. The fraction of sp³-hybridized carbons (Fsp3) is 0.130. The highest BCUT2D eigenvalue weighted by atomic mass is 35.5. The predicted molar refractivity (Wildman–Crippen MR) is 127 cm³/mol. The topological polar surface area (TPSA) is 94.9 Å². The second kappa shape index (κ2) is 9.78. The molecule has 2 aromatic heterocycles. The summed E-state index contributed by atoms with van der Waals surface area (Å²) < 4.78 is 40.8. The smallest absolute Gasteiger partial charge is 0.293 e. The van der Waals surface area contributed by atoms with Gasteiger partial charge in [-0.15, -0.1) is 11.3 Å². The number of carbonyl (C=O) groups excluding carboxylic acids is 1. The van der Waals surface area contributed by atoms with Crippen LogP contribution in [0.15, 0.2) is 66.0 Å². The van der Waals surface area contributed by atoms with Gasteiger partial charge in [0.05, 0.1) is 22.5 Å². The zero-order chi connectivity index (χ0) is 24.3. The third-order valence-corrected chi connectivity index (χ3v) is 6.01. The average Bonchev–Trinajstić information content (AvgIpc) is 3.33. The zero-order valence-electron chi connectivity index (χ0n) is 17.4. The van der Waals surface area contributed by atoms with E-state index in [0.717, 1.165) is 16.9 Å². The number of benzene rings is 2. The summed E-state index contributed by atoms with van der Waals surface area (Å²) in [6.07, 6.45) is -5.52. The second-order valence-corrected chi connectivity index (χ2v) is 8.69. The lowest BCUT2D eigenvalue weighted by atomic mass is 10.1. The van der Waals surface area contributed by atoms with Gasteiger partial charge in [0.15, 0.2) is 11.8 Å². The summed E-state index contributed by atoms with van der Waals surface area (Å²) in [5, 5.41) is 5.38. The van der Waals surface area contributed by atoms with Gasteiger partial charge in [-0.05, 0) is 29.6 Å². The molecule has 0 bridgehead atoms. The maximum Gasteiger partial charge on any atom is 0.422 e. The molecule has 11 heteroatoms. The van der Waals surface area contributed by atoms with E-state index in [9.17, 15) is 18.0 Å². The zero-order valence-corrected chi connectivity index (χ0v) is 19.0. The van der Waals surface area contributed by atoms with E-state index in [-0.39, 0.29) is 10.8 Å². The number of halogens is 4. The normalized spacial score (nSPS) is 13.1. The number of Topliss-reactive ketones (excluding diaryl/α,β-unsaturated/α-hetero) is 1. The first kappa shape index (κ1) is 23.7. The van der Waals surface area contributed by atoms with Crippen molar-refractivity contribution in [1.82, 2.24) is 9.97 Å². The van der Waals surface area contributed by atoms with Crippen LogP contribution in [0, 0.1) is 0 Å². The third-order valence-electron chi connectivity index (χ3n) is 4.86. The number of nitrogens with two attached hydrogens (primary N) is 1. The Morgan fingerprint density at radius 2 is 1.88 bits per heavy atom. The number of anilines is 1. The number of fused-ring (bicyclic) bond motifs is 1. The highest BCUT2D eigenvalue weighted by molar-refractivity contribution is 7.12. The van der Waals surface area contributed by atoms with Gasteiger partial charge < -0.3 is 0 Å². The van der Waals surface area contributed by atoms with Gasteiger partial charge in [-0.25, -0.2) is 5.32 Å². The van der Waals surface area contributed by atoms with Crippen LogP contribution in [-0.4, -0.2) is 33.9 Å². The molecule has 0 aliphatic carbocycles. The fourth-order valence-corrected chi connectivity index (χ4v) is 4.14. The summed E-state index contributed by atoms with van der Waals surface area (Å²) in [6.45, 7) is 0. The fourth-order valence-electron chi connectivity index (χ4n) is 3.29. The van der Waals surface area contributed by atoms with Crippen molar-refractivity contribution >= 4 is 51.5 Å². The van der Waals surface area contributed by atoms with Gasteiger partial charge in [-0.3, -0.25) is 15.5 Å². The number of alkyl halides is 3. The number of ketones is 1. The van der Waals surface area contributed by atoms with E-state index in [0.29, 0.717) is 21.6 Å². The lowest BCUT2D eigenvalue weighted by Crippen LogP contribution is -2.86. The van der Waals surface area contributed by atoms with Crippen molar-refractivity contribution in [3.63, 3.8) is 0 Å². The van der Waals surface area contributed by atoms with Crippen molar-refractivity contribution in [3.05, 3.63) is 75.9 Å². The van der Waals surface area contributed by atoms with Crippen molar-refractivity contribution < 1.29 is 23.0 Å². The van der Waals surface area contributed by atoms with Crippen molar-refractivity contribution in [2.75, 3.05) is 5.32 Å². The van der Waals surface area contributed by atoms with E-state index in [1.165, 1.54) is 6.07 Å². The van der Waals surface area contributed by atoms with Gasteiger partial charge in [0.2, 0.25) is 0 Å². The number of guanidine groups is 1. The van der Waals surface area contributed by atoms with Crippen molar-refractivity contribution in [1.29, 1.82) is 0 Å². The predicted octanol–water partition coefficient (Wildman–Crippen LogP) is 4.02. The minimum absolute atomic E-state index is 0.0100. The number of carbonyl (C=O) groups is 1. The number of thiophene rings is 1. The number of aromatic nitrogens is 2. The largest absolute Gasteiger partial charge is 0.422 e. The van der Waals surface area contributed by atoms with Crippen LogP contribution in [0.1, 0.15) is 16.1 Å². The van der Waals surface area contributed by atoms with E-state index in [1.807, 2.05) is 30.3 Å². The molecule has 0 saturated carbocycles. The minimum Gasteiger partial charge on any atom is -0.293 e. The molecule has 0 amide bonds. The van der Waals surface area contributed by atoms with Crippen LogP contribution in [0.4, 0.5) is 19.1 Å². The molecule has 4 N–H and O–H groups in total. The quantitative estimate of drug-likeness (QED) is 0.209. The first-order valence-corrected chi connectivity index (χ1v) is 11.3. The molecule has 0 saturated heterocycles. The van der Waals surface area contributed by atoms with Crippen LogP contribution in [0.25, 0.3) is 22.2 Å². The maximum absolute atomic E-state index is 13.6. The highest BCUT2D eigenvalue weighted by Crippen LogP contribution is 2.29. The summed E-state index contributed by atoms with van der Waals surface area (Å²) in [5.41, 5.74) is 7.66. The average molecular weight is 505 g/mol. The lowest BCUT2D eigenvalue weighted by molar-refractivity contribution is -0.547. The molecule has 34 heavy (non-hydrogen) atoms. The van der Waals surface area contributed by atoms with Gasteiger partial charge in [-0.2, -0.15) is 23.1 Å².